The standard InChI is InChI=1S/C11H20N4OS/c1-11(2,15-3-5-16-6-4-15)9-12-7-10-8-17-14-13-10/h8,12H,3-7,9H2,1-2H3. The first kappa shape index (κ1) is 12.9. The summed E-state index contributed by atoms with van der Waals surface area (Å²) in [4.78, 5) is 2.47. The average molecular weight is 256 g/mol. The van der Waals surface area contributed by atoms with Gasteiger partial charge in [0, 0.05) is 37.1 Å². The number of ether oxygens (including phenoxy) is 1. The minimum atomic E-state index is 0.160. The maximum atomic E-state index is 5.38. The number of morpholine rings is 1. The monoisotopic (exact) mass is 256 g/mol. The van der Waals surface area contributed by atoms with Gasteiger partial charge in [0.05, 0.1) is 18.9 Å². The molecule has 0 spiro atoms. The van der Waals surface area contributed by atoms with Crippen molar-refractivity contribution in [2.24, 2.45) is 0 Å². The highest BCUT2D eigenvalue weighted by atomic mass is 32.1. The molecule has 6 heteroatoms. The molecular formula is C11H20N4OS. The van der Waals surface area contributed by atoms with Gasteiger partial charge in [0.1, 0.15) is 0 Å². The largest absolute Gasteiger partial charge is 0.379 e. The molecule has 96 valence electrons. The minimum Gasteiger partial charge on any atom is -0.379 e. The second-order valence-corrected chi connectivity index (χ2v) is 5.52. The van der Waals surface area contributed by atoms with Crippen molar-refractivity contribution in [2.75, 3.05) is 32.8 Å². The lowest BCUT2D eigenvalue weighted by Gasteiger charge is -2.41. The molecule has 17 heavy (non-hydrogen) atoms. The summed E-state index contributed by atoms with van der Waals surface area (Å²) in [5, 5.41) is 9.45. The predicted molar refractivity (Wildman–Crippen MR) is 68.1 cm³/mol. The molecular weight excluding hydrogens is 236 g/mol. The second-order valence-electron chi connectivity index (χ2n) is 4.91. The van der Waals surface area contributed by atoms with Crippen molar-refractivity contribution >= 4 is 11.5 Å². The third-order valence-corrected chi connectivity index (χ3v) is 3.69. The summed E-state index contributed by atoms with van der Waals surface area (Å²) in [6.07, 6.45) is 0. The summed E-state index contributed by atoms with van der Waals surface area (Å²) in [5.41, 5.74) is 1.18. The molecule has 0 aromatic carbocycles. The van der Waals surface area contributed by atoms with Crippen LogP contribution in [-0.2, 0) is 11.3 Å². The quantitative estimate of drug-likeness (QED) is 0.842. The van der Waals surface area contributed by atoms with E-state index in [0.717, 1.165) is 45.1 Å². The lowest BCUT2D eigenvalue weighted by Crippen LogP contribution is -2.54. The van der Waals surface area contributed by atoms with Crippen molar-refractivity contribution < 1.29 is 4.74 Å². The van der Waals surface area contributed by atoms with E-state index < -0.39 is 0 Å². The molecule has 0 bridgehead atoms. The van der Waals surface area contributed by atoms with Crippen molar-refractivity contribution in [2.45, 2.75) is 25.9 Å². The van der Waals surface area contributed by atoms with Crippen LogP contribution in [0.3, 0.4) is 0 Å². The summed E-state index contributed by atoms with van der Waals surface area (Å²) in [7, 11) is 0. The molecule has 0 amide bonds. The van der Waals surface area contributed by atoms with Crippen LogP contribution in [0.4, 0.5) is 0 Å². The number of rotatable bonds is 5. The van der Waals surface area contributed by atoms with E-state index in [-0.39, 0.29) is 5.54 Å². The van der Waals surface area contributed by atoms with E-state index >= 15 is 0 Å². The molecule has 2 heterocycles. The van der Waals surface area contributed by atoms with Crippen LogP contribution in [0.1, 0.15) is 19.5 Å². The van der Waals surface area contributed by atoms with Crippen LogP contribution in [0.5, 0.6) is 0 Å². The molecule has 2 rings (SSSR count). The van der Waals surface area contributed by atoms with Crippen molar-refractivity contribution in [1.29, 1.82) is 0 Å². The van der Waals surface area contributed by atoms with E-state index in [9.17, 15) is 0 Å². The molecule has 1 aromatic rings. The van der Waals surface area contributed by atoms with E-state index in [1.165, 1.54) is 11.5 Å². The van der Waals surface area contributed by atoms with Gasteiger partial charge in [-0.3, -0.25) is 4.90 Å². The molecule has 0 radical (unpaired) electrons. The molecule has 0 saturated carbocycles. The molecule has 1 N–H and O–H groups in total. The normalized spacial score (nSPS) is 18.5. The number of nitrogens with zero attached hydrogens (tertiary/aromatic N) is 3. The summed E-state index contributed by atoms with van der Waals surface area (Å²) < 4.78 is 9.23. The molecule has 0 aliphatic carbocycles. The fourth-order valence-electron chi connectivity index (χ4n) is 2.04. The zero-order chi connectivity index (χ0) is 12.1. The maximum absolute atomic E-state index is 5.38. The maximum Gasteiger partial charge on any atom is 0.0893 e. The Bertz CT molecular complexity index is 322. The number of hydrogen-bond donors (Lipinski definition) is 1. The fourth-order valence-corrected chi connectivity index (χ4v) is 2.49. The van der Waals surface area contributed by atoms with Gasteiger partial charge in [-0.15, -0.1) is 5.10 Å². The zero-order valence-corrected chi connectivity index (χ0v) is 11.3. The first-order valence-electron chi connectivity index (χ1n) is 5.98. The van der Waals surface area contributed by atoms with Gasteiger partial charge in [-0.1, -0.05) is 4.49 Å². The Balaban J connectivity index is 1.76. The molecule has 5 nitrogen and oxygen atoms in total. The van der Waals surface area contributed by atoms with Gasteiger partial charge in [-0.2, -0.15) is 0 Å². The topological polar surface area (TPSA) is 50.3 Å². The SMILES string of the molecule is CC(C)(CNCc1csnn1)N1CCOCC1. The van der Waals surface area contributed by atoms with Gasteiger partial charge in [0.2, 0.25) is 0 Å². The first-order valence-corrected chi connectivity index (χ1v) is 6.81. The van der Waals surface area contributed by atoms with Gasteiger partial charge in [-0.25, -0.2) is 0 Å². The Morgan fingerprint density at radius 2 is 2.24 bits per heavy atom. The molecule has 1 saturated heterocycles. The molecule has 1 aromatic heterocycles. The molecule has 0 unspecified atom stereocenters. The fraction of sp³-hybridized carbons (Fsp3) is 0.818. The summed E-state index contributed by atoms with van der Waals surface area (Å²) in [6.45, 7) is 10.0. The van der Waals surface area contributed by atoms with Crippen molar-refractivity contribution in [3.05, 3.63) is 11.1 Å². The van der Waals surface area contributed by atoms with E-state index in [2.05, 4.69) is 33.7 Å². The van der Waals surface area contributed by atoms with Gasteiger partial charge < -0.3 is 10.1 Å². The number of nitrogens with one attached hydrogen (secondary N) is 1. The van der Waals surface area contributed by atoms with Crippen molar-refractivity contribution in [3.63, 3.8) is 0 Å². The molecule has 0 atom stereocenters. The van der Waals surface area contributed by atoms with Gasteiger partial charge in [-0.05, 0) is 25.4 Å². The van der Waals surface area contributed by atoms with Crippen molar-refractivity contribution in [1.82, 2.24) is 19.8 Å². The van der Waals surface area contributed by atoms with Gasteiger partial charge in [0.15, 0.2) is 0 Å². The number of hydrogen-bond acceptors (Lipinski definition) is 6. The van der Waals surface area contributed by atoms with Crippen LogP contribution in [0.25, 0.3) is 0 Å². The van der Waals surface area contributed by atoms with Crippen molar-refractivity contribution in [3.8, 4) is 0 Å². The van der Waals surface area contributed by atoms with Crippen LogP contribution in [0, 0.1) is 0 Å². The van der Waals surface area contributed by atoms with Gasteiger partial charge >= 0.3 is 0 Å². The van der Waals surface area contributed by atoms with E-state index in [1.54, 1.807) is 0 Å². The Labute approximate surface area is 106 Å². The Hall–Kier alpha value is -0.560. The highest BCUT2D eigenvalue weighted by molar-refractivity contribution is 7.03. The predicted octanol–water partition coefficient (Wildman–Crippen LogP) is 0.738. The third-order valence-electron chi connectivity index (χ3n) is 3.14. The summed E-state index contributed by atoms with van der Waals surface area (Å²) >= 11 is 1.40. The highest BCUT2D eigenvalue weighted by Gasteiger charge is 2.27. The first-order chi connectivity index (χ1) is 8.18. The second kappa shape index (κ2) is 5.86. The Kier molecular flexibility index (Phi) is 4.44. The zero-order valence-electron chi connectivity index (χ0n) is 10.5. The lowest BCUT2D eigenvalue weighted by molar-refractivity contribution is -0.00968. The van der Waals surface area contributed by atoms with Crippen LogP contribution in [0.2, 0.25) is 0 Å². The van der Waals surface area contributed by atoms with E-state index in [4.69, 9.17) is 4.74 Å². The summed E-state index contributed by atoms with van der Waals surface area (Å²) in [5.74, 6) is 0. The molecule has 1 aliphatic heterocycles. The Morgan fingerprint density at radius 3 is 2.88 bits per heavy atom. The van der Waals surface area contributed by atoms with Crippen LogP contribution in [-0.4, -0.2) is 52.9 Å². The minimum absolute atomic E-state index is 0.160. The summed E-state index contributed by atoms with van der Waals surface area (Å²) in [6, 6.07) is 0. The number of aromatic nitrogens is 2. The molecule has 1 fully saturated rings. The van der Waals surface area contributed by atoms with Crippen LogP contribution in [0.15, 0.2) is 5.38 Å². The van der Waals surface area contributed by atoms with E-state index in [1.807, 2.05) is 5.38 Å². The Morgan fingerprint density at radius 1 is 1.47 bits per heavy atom. The van der Waals surface area contributed by atoms with Gasteiger partial charge in [0.25, 0.3) is 0 Å². The van der Waals surface area contributed by atoms with Crippen LogP contribution >= 0.6 is 11.5 Å². The molecule has 1 aliphatic rings. The van der Waals surface area contributed by atoms with Crippen LogP contribution < -0.4 is 5.32 Å². The average Bonchev–Trinajstić information content (AvgIpc) is 2.83. The highest BCUT2D eigenvalue weighted by Crippen LogP contribution is 2.15. The van der Waals surface area contributed by atoms with E-state index in [0.29, 0.717) is 0 Å². The third kappa shape index (κ3) is 3.70. The smallest absolute Gasteiger partial charge is 0.0893 e. The lowest BCUT2D eigenvalue weighted by atomic mass is 10.0.